The van der Waals surface area contributed by atoms with Gasteiger partial charge >= 0.3 is 5.97 Å². The van der Waals surface area contributed by atoms with Crippen molar-refractivity contribution in [2.24, 2.45) is 0 Å². The van der Waals surface area contributed by atoms with Gasteiger partial charge in [0.1, 0.15) is 11.5 Å². The second kappa shape index (κ2) is 9.86. The molecular formula is C24H16N2O6S2. The summed E-state index contributed by atoms with van der Waals surface area (Å²) in [6.45, 7) is 0. The Morgan fingerprint density at radius 1 is 1.00 bits per heavy atom. The van der Waals surface area contributed by atoms with Gasteiger partial charge in [-0.1, -0.05) is 36.1 Å². The van der Waals surface area contributed by atoms with Crippen LogP contribution in [0.2, 0.25) is 0 Å². The number of rotatable bonds is 6. The lowest BCUT2D eigenvalue weighted by molar-refractivity contribution is -0.384. The van der Waals surface area contributed by atoms with Gasteiger partial charge in [0.05, 0.1) is 28.2 Å². The van der Waals surface area contributed by atoms with Crippen LogP contribution in [0.15, 0.2) is 77.7 Å². The fourth-order valence-electron chi connectivity index (χ4n) is 3.09. The number of esters is 1. The van der Waals surface area contributed by atoms with Gasteiger partial charge in [0.15, 0.2) is 4.32 Å². The van der Waals surface area contributed by atoms with Gasteiger partial charge in [0, 0.05) is 12.1 Å². The fourth-order valence-corrected chi connectivity index (χ4v) is 4.39. The van der Waals surface area contributed by atoms with Gasteiger partial charge in [0.2, 0.25) is 0 Å². The number of carbonyl (C=O) groups is 2. The van der Waals surface area contributed by atoms with Crippen molar-refractivity contribution in [2.45, 2.75) is 0 Å². The molecule has 34 heavy (non-hydrogen) atoms. The number of ether oxygens (including phenoxy) is 2. The maximum absolute atomic E-state index is 12.9. The van der Waals surface area contributed by atoms with E-state index in [1.807, 2.05) is 0 Å². The van der Waals surface area contributed by atoms with Crippen molar-refractivity contribution in [2.75, 3.05) is 12.0 Å². The number of nitro benzene ring substituents is 1. The number of nitro groups is 1. The molecule has 0 bridgehead atoms. The third kappa shape index (κ3) is 4.98. The Hall–Kier alpha value is -4.02. The quantitative estimate of drug-likeness (QED) is 0.115. The highest BCUT2D eigenvalue weighted by atomic mass is 32.2. The summed E-state index contributed by atoms with van der Waals surface area (Å²) in [4.78, 5) is 37.3. The predicted molar refractivity (Wildman–Crippen MR) is 133 cm³/mol. The van der Waals surface area contributed by atoms with E-state index in [0.717, 1.165) is 11.8 Å². The number of carbonyl (C=O) groups excluding carboxylic acids is 2. The summed E-state index contributed by atoms with van der Waals surface area (Å²) in [5, 5.41) is 10.9. The van der Waals surface area contributed by atoms with Crippen LogP contribution in [0.25, 0.3) is 6.08 Å². The molecule has 1 amide bonds. The van der Waals surface area contributed by atoms with E-state index in [1.165, 1.54) is 29.2 Å². The van der Waals surface area contributed by atoms with Crippen LogP contribution in [0.4, 0.5) is 11.4 Å². The van der Waals surface area contributed by atoms with Crippen molar-refractivity contribution >= 4 is 57.6 Å². The number of methoxy groups -OCH3 is 1. The van der Waals surface area contributed by atoms with E-state index in [0.29, 0.717) is 37.5 Å². The smallest absolute Gasteiger partial charge is 0.343 e. The largest absolute Gasteiger partial charge is 0.497 e. The molecule has 3 aromatic carbocycles. The van der Waals surface area contributed by atoms with Crippen LogP contribution in [0.1, 0.15) is 15.9 Å². The molecule has 0 N–H and O–H groups in total. The van der Waals surface area contributed by atoms with Gasteiger partial charge < -0.3 is 9.47 Å². The molecule has 0 spiro atoms. The Balaban J connectivity index is 1.45. The molecule has 170 valence electrons. The van der Waals surface area contributed by atoms with Crippen molar-refractivity contribution in [3.8, 4) is 11.5 Å². The number of benzene rings is 3. The summed E-state index contributed by atoms with van der Waals surface area (Å²) in [6, 6.07) is 18.9. The fraction of sp³-hybridized carbons (Fsp3) is 0.0417. The number of non-ortho nitro benzene ring substituents is 1. The zero-order valence-electron chi connectivity index (χ0n) is 17.7. The SMILES string of the molecule is COc1ccc(C(=O)Oc2ccc(/C=C3\SC(=S)N(c4ccc([N+](=O)[O-])cc4)C3=O)cc2)cc1. The maximum Gasteiger partial charge on any atom is 0.343 e. The van der Waals surface area contributed by atoms with Crippen LogP contribution in [-0.4, -0.2) is 28.2 Å². The van der Waals surface area contributed by atoms with Crippen molar-refractivity contribution in [1.82, 2.24) is 0 Å². The molecule has 3 aromatic rings. The third-order valence-corrected chi connectivity index (χ3v) is 6.13. The second-order valence-electron chi connectivity index (χ2n) is 6.98. The number of thiocarbonyl (C=S) groups is 1. The minimum Gasteiger partial charge on any atom is -0.497 e. The third-order valence-electron chi connectivity index (χ3n) is 4.83. The Morgan fingerprint density at radius 3 is 2.21 bits per heavy atom. The molecule has 8 nitrogen and oxygen atoms in total. The average molecular weight is 493 g/mol. The zero-order valence-corrected chi connectivity index (χ0v) is 19.3. The number of amides is 1. The minimum atomic E-state index is -0.508. The minimum absolute atomic E-state index is 0.0717. The average Bonchev–Trinajstić information content (AvgIpc) is 3.12. The summed E-state index contributed by atoms with van der Waals surface area (Å²) >= 11 is 6.47. The first-order chi connectivity index (χ1) is 16.4. The highest BCUT2D eigenvalue weighted by Crippen LogP contribution is 2.36. The molecule has 1 aliphatic heterocycles. The van der Waals surface area contributed by atoms with E-state index in [2.05, 4.69) is 0 Å². The molecule has 1 heterocycles. The Kier molecular flexibility index (Phi) is 6.71. The van der Waals surface area contributed by atoms with E-state index >= 15 is 0 Å². The van der Waals surface area contributed by atoms with E-state index in [1.54, 1.807) is 61.7 Å². The molecule has 1 saturated heterocycles. The lowest BCUT2D eigenvalue weighted by atomic mass is 10.2. The number of thioether (sulfide) groups is 1. The molecular weight excluding hydrogens is 476 g/mol. The predicted octanol–water partition coefficient (Wildman–Crippen LogP) is 5.23. The van der Waals surface area contributed by atoms with Gasteiger partial charge in [-0.25, -0.2) is 4.79 Å². The molecule has 0 atom stereocenters. The molecule has 4 rings (SSSR count). The van der Waals surface area contributed by atoms with Crippen LogP contribution in [0.5, 0.6) is 11.5 Å². The van der Waals surface area contributed by atoms with Crippen LogP contribution >= 0.6 is 24.0 Å². The molecule has 0 aliphatic carbocycles. The number of hydrogen-bond acceptors (Lipinski definition) is 8. The maximum atomic E-state index is 12.9. The summed E-state index contributed by atoms with van der Waals surface area (Å²) in [7, 11) is 1.54. The van der Waals surface area contributed by atoms with Gasteiger partial charge in [-0.3, -0.25) is 19.8 Å². The Morgan fingerprint density at radius 2 is 1.62 bits per heavy atom. The first-order valence-electron chi connectivity index (χ1n) is 9.84. The van der Waals surface area contributed by atoms with E-state index in [9.17, 15) is 19.7 Å². The van der Waals surface area contributed by atoms with Crippen molar-refractivity contribution in [3.63, 3.8) is 0 Å². The van der Waals surface area contributed by atoms with Crippen LogP contribution in [0, 0.1) is 10.1 Å². The van der Waals surface area contributed by atoms with Crippen LogP contribution in [0.3, 0.4) is 0 Å². The number of nitrogens with zero attached hydrogens (tertiary/aromatic N) is 2. The summed E-state index contributed by atoms with van der Waals surface area (Å²) in [5.74, 6) is 0.175. The summed E-state index contributed by atoms with van der Waals surface area (Å²) in [5.41, 5.74) is 1.49. The highest BCUT2D eigenvalue weighted by Gasteiger charge is 2.33. The highest BCUT2D eigenvalue weighted by molar-refractivity contribution is 8.27. The molecule has 0 radical (unpaired) electrons. The first-order valence-corrected chi connectivity index (χ1v) is 11.1. The van der Waals surface area contributed by atoms with Gasteiger partial charge in [-0.05, 0) is 60.2 Å². The van der Waals surface area contributed by atoms with Gasteiger partial charge in [-0.2, -0.15) is 0 Å². The Labute approximate surface area is 203 Å². The second-order valence-corrected chi connectivity index (χ2v) is 8.65. The summed E-state index contributed by atoms with van der Waals surface area (Å²) in [6.07, 6.45) is 1.68. The first kappa shape index (κ1) is 23.1. The monoisotopic (exact) mass is 492 g/mol. The van der Waals surface area contributed by atoms with Crippen LogP contribution in [-0.2, 0) is 4.79 Å². The lowest BCUT2D eigenvalue weighted by Gasteiger charge is -2.13. The summed E-state index contributed by atoms with van der Waals surface area (Å²) < 4.78 is 10.8. The standard InChI is InChI=1S/C24H16N2O6S2/c1-31-19-12-4-16(5-13-19)23(28)32-20-10-2-15(3-11-20)14-21-22(27)25(24(33)34-21)17-6-8-18(9-7-17)26(29)30/h2-14H,1H3/b21-14-. The van der Waals surface area contributed by atoms with E-state index in [-0.39, 0.29) is 11.6 Å². The van der Waals surface area contributed by atoms with E-state index in [4.69, 9.17) is 21.7 Å². The molecule has 10 heteroatoms. The van der Waals surface area contributed by atoms with Gasteiger partial charge in [-0.15, -0.1) is 0 Å². The molecule has 0 unspecified atom stereocenters. The van der Waals surface area contributed by atoms with Gasteiger partial charge in [0.25, 0.3) is 11.6 Å². The normalized spacial score (nSPS) is 14.4. The van der Waals surface area contributed by atoms with Crippen molar-refractivity contribution in [1.29, 1.82) is 0 Å². The topological polar surface area (TPSA) is 99.0 Å². The number of anilines is 1. The molecule has 0 saturated carbocycles. The molecule has 1 aliphatic rings. The molecule has 1 fully saturated rings. The lowest BCUT2D eigenvalue weighted by Crippen LogP contribution is -2.27. The van der Waals surface area contributed by atoms with E-state index < -0.39 is 10.9 Å². The molecule has 0 aromatic heterocycles. The number of hydrogen-bond donors (Lipinski definition) is 0. The Bertz CT molecular complexity index is 1300. The van der Waals surface area contributed by atoms with Crippen molar-refractivity contribution < 1.29 is 24.0 Å². The zero-order chi connectivity index (χ0) is 24.2. The van der Waals surface area contributed by atoms with Crippen LogP contribution < -0.4 is 14.4 Å². The van der Waals surface area contributed by atoms with Crippen molar-refractivity contribution in [3.05, 3.63) is 98.9 Å².